The summed E-state index contributed by atoms with van der Waals surface area (Å²) in [5.41, 5.74) is 34.9. The van der Waals surface area contributed by atoms with Gasteiger partial charge in [0.05, 0.1) is 17.7 Å². The summed E-state index contributed by atoms with van der Waals surface area (Å²) in [5, 5.41) is 16.4. The number of aliphatic hydroxyl groups excluding tert-OH is 1. The van der Waals surface area contributed by atoms with Gasteiger partial charge in [-0.1, -0.05) is 34.6 Å². The van der Waals surface area contributed by atoms with Crippen molar-refractivity contribution in [3.8, 4) is 0 Å². The lowest BCUT2D eigenvalue weighted by molar-refractivity contribution is -0.124. The van der Waals surface area contributed by atoms with Crippen LogP contribution in [0.5, 0.6) is 0 Å². The maximum Gasteiger partial charge on any atom is 0.220 e. The fraction of sp³-hybridized carbons (Fsp3) is 0.667. The van der Waals surface area contributed by atoms with Gasteiger partial charge in [-0.2, -0.15) is 0 Å². The van der Waals surface area contributed by atoms with E-state index in [1.54, 1.807) is 6.92 Å². The van der Waals surface area contributed by atoms with Gasteiger partial charge >= 0.3 is 0 Å². The molecule has 7 amide bonds. The summed E-state index contributed by atoms with van der Waals surface area (Å²) < 4.78 is 0. The van der Waals surface area contributed by atoms with Crippen LogP contribution in [-0.2, 0) is 33.6 Å². The van der Waals surface area contributed by atoms with Crippen LogP contribution in [0.4, 0.5) is 0 Å². The summed E-state index contributed by atoms with van der Waals surface area (Å²) in [6, 6.07) is -0.913. The topological polar surface area (TPSA) is 357 Å². The number of fused-ring (bicyclic) bond motifs is 6. The second kappa shape index (κ2) is 19.1. The number of nitrogens with one attached hydrogen (secondary N) is 2. The van der Waals surface area contributed by atoms with Crippen LogP contribution in [0.25, 0.3) is 0 Å². The Morgan fingerprint density at radius 3 is 1.81 bits per heavy atom. The summed E-state index contributed by atoms with van der Waals surface area (Å²) >= 11 is 0. The molecule has 19 nitrogen and oxygen atoms in total. The molecule has 1 saturated heterocycles. The molecule has 0 aromatic heterocycles. The molecule has 5 aliphatic rings. The predicted octanol–water partition coefficient (Wildman–Crippen LogP) is 1.74. The quantitative estimate of drug-likeness (QED) is 0.0857. The van der Waals surface area contributed by atoms with Crippen molar-refractivity contribution in [2.24, 2.45) is 94.7 Å². The minimum atomic E-state index is -1.39. The first-order chi connectivity index (χ1) is 30.9. The highest BCUT2D eigenvalue weighted by Crippen LogP contribution is 2.62. The van der Waals surface area contributed by atoms with Gasteiger partial charge in [0, 0.05) is 131 Å². The number of aliphatic hydroxyl groups is 1. The largest absolute Gasteiger partial charge is 0.392 e. The fourth-order valence-electron chi connectivity index (χ4n) is 12.3. The summed E-state index contributed by atoms with van der Waals surface area (Å²) in [4.78, 5) is 108. The third-order valence-electron chi connectivity index (χ3n) is 16.1. The highest BCUT2D eigenvalue weighted by Gasteiger charge is 2.66. The number of amides is 7. The number of nitrogens with zero attached hydrogens (tertiary/aromatic N) is 3. The molecule has 67 heavy (non-hydrogen) atoms. The van der Waals surface area contributed by atoms with Gasteiger partial charge in [0.15, 0.2) is 0 Å². The van der Waals surface area contributed by atoms with Crippen LogP contribution < -0.4 is 45.0 Å². The summed E-state index contributed by atoms with van der Waals surface area (Å²) in [5.74, 6) is -6.25. The van der Waals surface area contributed by atoms with Crippen LogP contribution in [0.2, 0.25) is 0 Å². The van der Waals surface area contributed by atoms with Crippen molar-refractivity contribution in [3.63, 3.8) is 0 Å². The third kappa shape index (κ3) is 9.84. The number of hydrogen-bond donors (Lipinski definition) is 9. The van der Waals surface area contributed by atoms with Crippen LogP contribution in [0.1, 0.15) is 133 Å². The van der Waals surface area contributed by atoms with Gasteiger partial charge in [0.2, 0.25) is 41.4 Å². The normalized spacial score (nSPS) is 32.2. The SMILES string of the molecule is CC1=C2N=C(C=C3NC(=C(C)C4=NC(C)(C5N=C1C(C)(CCC(=O)NCC(C)O)C5CC(N)=O)C(C)(CC(N)=O)C4CCC(N)=O)C(C)(CC(N)=O)C3CCC(N)=O)C(C)(C)C2CCC(N)=O. The van der Waals surface area contributed by atoms with Crippen LogP contribution in [0, 0.1) is 45.3 Å². The monoisotopic (exact) mass is 932 g/mol. The predicted molar refractivity (Wildman–Crippen MR) is 254 cm³/mol. The summed E-state index contributed by atoms with van der Waals surface area (Å²) in [7, 11) is 0. The Hall–Kier alpha value is -5.72. The van der Waals surface area contributed by atoms with Gasteiger partial charge in [0.1, 0.15) is 0 Å². The van der Waals surface area contributed by atoms with Crippen molar-refractivity contribution in [1.29, 1.82) is 0 Å². The molecule has 0 saturated carbocycles. The van der Waals surface area contributed by atoms with E-state index < -0.39 is 98.5 Å². The molecule has 0 spiro atoms. The number of aliphatic imine (C=N–C) groups is 3. The number of carbonyl (C=O) groups excluding carboxylic acids is 7. The Bertz CT molecular complexity index is 2310. The lowest BCUT2D eigenvalue weighted by Crippen LogP contribution is -2.56. The molecule has 0 aromatic carbocycles. The zero-order chi connectivity index (χ0) is 50.4. The molecule has 5 heterocycles. The van der Waals surface area contributed by atoms with Crippen LogP contribution in [-0.4, -0.2) is 87.8 Å². The van der Waals surface area contributed by atoms with Gasteiger partial charge in [-0.05, 0) is 70.6 Å². The number of carbonyl (C=O) groups is 7. The second-order valence-corrected chi connectivity index (χ2v) is 21.2. The molecule has 10 unspecified atom stereocenters. The molecular weight excluding hydrogens is 859 g/mol. The Morgan fingerprint density at radius 2 is 1.28 bits per heavy atom. The van der Waals surface area contributed by atoms with Crippen molar-refractivity contribution < 1.29 is 38.7 Å². The second-order valence-electron chi connectivity index (χ2n) is 21.2. The summed E-state index contributed by atoms with van der Waals surface area (Å²) in [6.45, 7) is 16.9. The van der Waals surface area contributed by atoms with E-state index in [9.17, 15) is 38.7 Å². The maximum absolute atomic E-state index is 13.5. The molecule has 0 aromatic rings. The lowest BCUT2D eigenvalue weighted by Gasteiger charge is -2.48. The first-order valence-corrected chi connectivity index (χ1v) is 23.3. The van der Waals surface area contributed by atoms with Crippen LogP contribution in [0.3, 0.4) is 0 Å². The Morgan fingerprint density at radius 1 is 0.731 bits per heavy atom. The molecule has 5 rings (SSSR count). The molecule has 1 fully saturated rings. The standard InChI is InChI=1S/C48H73N11O8/c1-23(60)22-55-38(67)16-17-45(6)29(18-35(52)64)43-48(9)47(8,21-37(54)66)28(12-15-34(51)63)40(59-48)25(3)42-46(7,20-36(53)65)26(10-13-32(49)61)30(56-42)19-31-44(4,5)27(11-14-33(50)62)39(57-31)24(2)41(45)58-43/h19,23,26-29,43,56,60H,10-18,20-22H2,1-9H3,(H2,49,61)(H2,50,62)(H2,51,63)(H2,52,64)(H2,53,65)(H2,54,66)(H,55,67). The van der Waals surface area contributed by atoms with E-state index in [1.807, 2.05) is 61.5 Å². The van der Waals surface area contributed by atoms with Crippen molar-refractivity contribution >= 4 is 58.5 Å². The first-order valence-electron chi connectivity index (χ1n) is 23.3. The number of hydrogen-bond acceptors (Lipinski definition) is 12. The van der Waals surface area contributed by atoms with Gasteiger partial charge in [-0.15, -0.1) is 0 Å². The van der Waals surface area contributed by atoms with Gasteiger partial charge in [-0.3, -0.25) is 48.5 Å². The van der Waals surface area contributed by atoms with Gasteiger partial charge in [0.25, 0.3) is 0 Å². The third-order valence-corrected chi connectivity index (χ3v) is 16.1. The van der Waals surface area contributed by atoms with E-state index in [1.165, 1.54) is 0 Å². The highest BCUT2D eigenvalue weighted by atomic mass is 16.3. The molecule has 8 bridgehead atoms. The molecule has 0 aliphatic carbocycles. The molecule has 15 N–H and O–H groups in total. The van der Waals surface area contributed by atoms with Crippen molar-refractivity contribution in [2.45, 2.75) is 151 Å². The maximum atomic E-state index is 13.5. The number of nitrogens with two attached hydrogens (primary N) is 6. The van der Waals surface area contributed by atoms with Crippen molar-refractivity contribution in [2.75, 3.05) is 6.54 Å². The Labute approximate surface area is 393 Å². The van der Waals surface area contributed by atoms with E-state index >= 15 is 0 Å². The first kappa shape index (κ1) is 52.3. The number of primary amides is 6. The van der Waals surface area contributed by atoms with E-state index in [0.29, 0.717) is 51.8 Å². The molecule has 5 aliphatic heterocycles. The average Bonchev–Trinajstić information content (AvgIpc) is 3.80. The number of rotatable bonds is 20. The Kier molecular flexibility index (Phi) is 14.9. The minimum Gasteiger partial charge on any atom is -0.392 e. The zero-order valence-electron chi connectivity index (χ0n) is 40.6. The average molecular weight is 932 g/mol. The molecule has 368 valence electrons. The van der Waals surface area contributed by atoms with Crippen LogP contribution >= 0.6 is 0 Å². The van der Waals surface area contributed by atoms with E-state index in [2.05, 4.69) is 10.6 Å². The van der Waals surface area contributed by atoms with Gasteiger partial charge in [-0.25, -0.2) is 0 Å². The van der Waals surface area contributed by atoms with Crippen molar-refractivity contribution in [3.05, 3.63) is 34.3 Å². The highest BCUT2D eigenvalue weighted by molar-refractivity contribution is 6.10. The molecule has 10 atom stereocenters. The van der Waals surface area contributed by atoms with Crippen molar-refractivity contribution in [1.82, 2.24) is 10.6 Å². The summed E-state index contributed by atoms with van der Waals surface area (Å²) in [6.07, 6.45) is 1.23. The molecule has 0 radical (unpaired) electrons. The smallest absolute Gasteiger partial charge is 0.220 e. The molecular formula is C48H73N11O8. The minimum absolute atomic E-state index is 0.0237. The fourth-order valence-corrected chi connectivity index (χ4v) is 12.3. The van der Waals surface area contributed by atoms with E-state index in [-0.39, 0.29) is 76.7 Å². The zero-order valence-corrected chi connectivity index (χ0v) is 40.6. The lowest BCUT2D eigenvalue weighted by atomic mass is 9.55. The number of allylic oxidation sites excluding steroid dienone is 6. The van der Waals surface area contributed by atoms with Crippen LogP contribution in [0.15, 0.2) is 49.3 Å². The molecule has 19 heteroatoms. The van der Waals surface area contributed by atoms with E-state index in [0.717, 1.165) is 0 Å². The van der Waals surface area contributed by atoms with Gasteiger partial charge < -0.3 is 50.1 Å². The Balaban J connectivity index is 2.00. The van der Waals surface area contributed by atoms with E-state index in [4.69, 9.17) is 49.4 Å².